The van der Waals surface area contributed by atoms with Crippen LogP contribution in [-0.2, 0) is 6.42 Å². The Morgan fingerprint density at radius 1 is 1.13 bits per heavy atom. The van der Waals surface area contributed by atoms with Crippen LogP contribution in [0.2, 0.25) is 0 Å². The standard InChI is InChI=1S/C13H18Br2/c1-2-11-6-8-12(9-7-11)13(15)5-3-4-10-14/h6-9,13H,2-5,10H2,1H3. The molecule has 0 bridgehead atoms. The van der Waals surface area contributed by atoms with E-state index in [0.717, 1.165) is 11.8 Å². The lowest BCUT2D eigenvalue weighted by Gasteiger charge is -2.10. The van der Waals surface area contributed by atoms with E-state index < -0.39 is 0 Å². The zero-order chi connectivity index (χ0) is 11.1. The average Bonchev–Trinajstić information content (AvgIpc) is 2.29. The third-order valence-electron chi connectivity index (χ3n) is 2.59. The lowest BCUT2D eigenvalue weighted by atomic mass is 10.0. The molecular formula is C13H18Br2. The minimum Gasteiger partial charge on any atom is -0.0928 e. The van der Waals surface area contributed by atoms with E-state index in [-0.39, 0.29) is 0 Å². The largest absolute Gasteiger partial charge is 0.0928 e. The van der Waals surface area contributed by atoms with Crippen LogP contribution in [0.3, 0.4) is 0 Å². The van der Waals surface area contributed by atoms with Gasteiger partial charge in [-0.2, -0.15) is 0 Å². The molecule has 0 nitrogen and oxygen atoms in total. The van der Waals surface area contributed by atoms with E-state index in [4.69, 9.17) is 0 Å². The average molecular weight is 334 g/mol. The quantitative estimate of drug-likeness (QED) is 0.492. The van der Waals surface area contributed by atoms with Gasteiger partial charge in [-0.25, -0.2) is 0 Å². The van der Waals surface area contributed by atoms with Crippen LogP contribution in [0.15, 0.2) is 24.3 Å². The molecule has 1 aromatic carbocycles. The van der Waals surface area contributed by atoms with E-state index in [1.165, 1.54) is 30.4 Å². The lowest BCUT2D eigenvalue weighted by molar-refractivity contribution is 0.720. The second-order valence-corrected chi connectivity index (χ2v) is 5.65. The Morgan fingerprint density at radius 3 is 2.33 bits per heavy atom. The number of unbranched alkanes of at least 4 members (excludes halogenated alkanes) is 1. The fourth-order valence-electron chi connectivity index (χ4n) is 1.55. The van der Waals surface area contributed by atoms with Gasteiger partial charge in [0.15, 0.2) is 0 Å². The summed E-state index contributed by atoms with van der Waals surface area (Å²) < 4.78 is 0. The number of aryl methyl sites for hydroxylation is 1. The van der Waals surface area contributed by atoms with Crippen molar-refractivity contribution in [2.24, 2.45) is 0 Å². The highest BCUT2D eigenvalue weighted by Gasteiger charge is 2.06. The first-order valence-corrected chi connectivity index (χ1v) is 7.60. The van der Waals surface area contributed by atoms with Gasteiger partial charge < -0.3 is 0 Å². The van der Waals surface area contributed by atoms with Crippen molar-refractivity contribution in [3.05, 3.63) is 35.4 Å². The topological polar surface area (TPSA) is 0 Å². The van der Waals surface area contributed by atoms with Gasteiger partial charge in [-0.15, -0.1) is 0 Å². The molecule has 0 aromatic heterocycles. The predicted octanol–water partition coefficient (Wildman–Crippen LogP) is 5.25. The first-order chi connectivity index (χ1) is 7.27. The highest BCUT2D eigenvalue weighted by Crippen LogP contribution is 2.28. The molecular weight excluding hydrogens is 316 g/mol. The number of alkyl halides is 2. The Labute approximate surface area is 110 Å². The molecule has 0 fully saturated rings. The van der Waals surface area contributed by atoms with Crippen LogP contribution >= 0.6 is 31.9 Å². The molecule has 0 aliphatic carbocycles. The van der Waals surface area contributed by atoms with E-state index in [2.05, 4.69) is 63.0 Å². The van der Waals surface area contributed by atoms with Gasteiger partial charge in [0, 0.05) is 10.2 Å². The Hall–Kier alpha value is 0.180. The van der Waals surface area contributed by atoms with Crippen LogP contribution in [0.1, 0.15) is 42.1 Å². The van der Waals surface area contributed by atoms with Gasteiger partial charge in [-0.1, -0.05) is 69.5 Å². The fraction of sp³-hybridized carbons (Fsp3) is 0.538. The summed E-state index contributed by atoms with van der Waals surface area (Å²) in [5.41, 5.74) is 2.82. The monoisotopic (exact) mass is 332 g/mol. The summed E-state index contributed by atoms with van der Waals surface area (Å²) in [6.45, 7) is 2.19. The van der Waals surface area contributed by atoms with Gasteiger partial charge in [0.05, 0.1) is 0 Å². The molecule has 0 amide bonds. The molecule has 1 aromatic rings. The van der Waals surface area contributed by atoms with Crippen LogP contribution < -0.4 is 0 Å². The van der Waals surface area contributed by atoms with Gasteiger partial charge in [0.1, 0.15) is 0 Å². The summed E-state index contributed by atoms with van der Waals surface area (Å²) in [6.07, 6.45) is 4.87. The molecule has 84 valence electrons. The molecule has 1 rings (SSSR count). The van der Waals surface area contributed by atoms with Crippen molar-refractivity contribution >= 4 is 31.9 Å². The Bertz CT molecular complexity index is 266. The fourth-order valence-corrected chi connectivity index (χ4v) is 2.57. The van der Waals surface area contributed by atoms with Gasteiger partial charge in [-0.05, 0) is 30.4 Å². The summed E-state index contributed by atoms with van der Waals surface area (Å²) in [5, 5.41) is 1.11. The molecule has 0 saturated heterocycles. The summed E-state index contributed by atoms with van der Waals surface area (Å²) in [7, 11) is 0. The van der Waals surface area contributed by atoms with Crippen molar-refractivity contribution in [3.63, 3.8) is 0 Å². The zero-order valence-electron chi connectivity index (χ0n) is 9.18. The summed E-state index contributed by atoms with van der Waals surface area (Å²) in [4.78, 5) is 0.516. The van der Waals surface area contributed by atoms with Crippen molar-refractivity contribution in [1.82, 2.24) is 0 Å². The van der Waals surface area contributed by atoms with Crippen molar-refractivity contribution in [2.45, 2.75) is 37.4 Å². The molecule has 0 spiro atoms. The molecule has 0 radical (unpaired) electrons. The minimum atomic E-state index is 0.516. The zero-order valence-corrected chi connectivity index (χ0v) is 12.4. The third kappa shape index (κ3) is 4.69. The highest BCUT2D eigenvalue weighted by molar-refractivity contribution is 9.09. The molecule has 2 heteroatoms. The molecule has 0 saturated carbocycles. The summed E-state index contributed by atoms with van der Waals surface area (Å²) in [6, 6.07) is 8.95. The van der Waals surface area contributed by atoms with Crippen LogP contribution in [0.4, 0.5) is 0 Å². The normalized spacial score (nSPS) is 12.7. The number of rotatable bonds is 6. The van der Waals surface area contributed by atoms with Crippen LogP contribution in [0.25, 0.3) is 0 Å². The van der Waals surface area contributed by atoms with E-state index in [1.54, 1.807) is 0 Å². The first kappa shape index (κ1) is 13.2. The van der Waals surface area contributed by atoms with Crippen LogP contribution in [0, 0.1) is 0 Å². The van der Waals surface area contributed by atoms with Gasteiger partial charge >= 0.3 is 0 Å². The molecule has 1 unspecified atom stereocenters. The second-order valence-electron chi connectivity index (χ2n) is 3.75. The predicted molar refractivity (Wildman–Crippen MR) is 75.1 cm³/mol. The smallest absolute Gasteiger partial charge is 0.0395 e. The van der Waals surface area contributed by atoms with Crippen molar-refractivity contribution in [3.8, 4) is 0 Å². The van der Waals surface area contributed by atoms with Crippen molar-refractivity contribution < 1.29 is 0 Å². The lowest BCUT2D eigenvalue weighted by Crippen LogP contribution is -1.91. The number of hydrogen-bond donors (Lipinski definition) is 0. The minimum absolute atomic E-state index is 0.516. The van der Waals surface area contributed by atoms with E-state index in [1.807, 2.05) is 0 Å². The summed E-state index contributed by atoms with van der Waals surface area (Å²) in [5.74, 6) is 0. The Kier molecular flexibility index (Phi) is 6.58. The van der Waals surface area contributed by atoms with Crippen LogP contribution in [0.5, 0.6) is 0 Å². The Balaban J connectivity index is 2.46. The number of halogens is 2. The SMILES string of the molecule is CCc1ccc(C(Br)CCCCBr)cc1. The number of benzene rings is 1. The van der Waals surface area contributed by atoms with Gasteiger partial charge in [0.2, 0.25) is 0 Å². The maximum Gasteiger partial charge on any atom is 0.0395 e. The molecule has 0 N–H and O–H groups in total. The molecule has 0 aliphatic rings. The third-order valence-corrected chi connectivity index (χ3v) is 4.14. The van der Waals surface area contributed by atoms with E-state index >= 15 is 0 Å². The molecule has 1 atom stereocenters. The van der Waals surface area contributed by atoms with Crippen LogP contribution in [-0.4, -0.2) is 5.33 Å². The maximum atomic E-state index is 3.75. The van der Waals surface area contributed by atoms with Crippen molar-refractivity contribution in [1.29, 1.82) is 0 Å². The van der Waals surface area contributed by atoms with Gasteiger partial charge in [0.25, 0.3) is 0 Å². The van der Waals surface area contributed by atoms with E-state index in [0.29, 0.717) is 4.83 Å². The second kappa shape index (κ2) is 7.45. The number of hydrogen-bond acceptors (Lipinski definition) is 0. The van der Waals surface area contributed by atoms with Crippen molar-refractivity contribution in [2.75, 3.05) is 5.33 Å². The molecule has 0 aliphatic heterocycles. The molecule has 15 heavy (non-hydrogen) atoms. The Morgan fingerprint density at radius 2 is 1.80 bits per heavy atom. The van der Waals surface area contributed by atoms with E-state index in [9.17, 15) is 0 Å². The highest BCUT2D eigenvalue weighted by atomic mass is 79.9. The summed E-state index contributed by atoms with van der Waals surface area (Å²) >= 11 is 7.21. The molecule has 0 heterocycles. The first-order valence-electron chi connectivity index (χ1n) is 5.56. The van der Waals surface area contributed by atoms with Gasteiger partial charge in [-0.3, -0.25) is 0 Å². The maximum absolute atomic E-state index is 3.75.